The molecule has 0 unspecified atom stereocenters. The number of pyridine rings is 1. The summed E-state index contributed by atoms with van der Waals surface area (Å²) >= 11 is 0. The lowest BCUT2D eigenvalue weighted by Gasteiger charge is -2.06. The highest BCUT2D eigenvalue weighted by Gasteiger charge is 2.06. The average Bonchev–Trinajstić information content (AvgIpc) is 2.29. The highest BCUT2D eigenvalue weighted by atomic mass is 16.5. The van der Waals surface area contributed by atoms with Crippen molar-refractivity contribution in [1.29, 1.82) is 0 Å². The maximum Gasteiger partial charge on any atom is 0.310 e. The molecule has 3 nitrogen and oxygen atoms in total. The maximum absolute atomic E-state index is 11.3. The SMILES string of the molecule is CCC(=O)Oc1cccc2cnc(C)cc12. The smallest absolute Gasteiger partial charge is 0.310 e. The molecule has 0 aliphatic carbocycles. The summed E-state index contributed by atoms with van der Waals surface area (Å²) in [7, 11) is 0. The van der Waals surface area contributed by atoms with Crippen LogP contribution in [0.2, 0.25) is 0 Å². The molecule has 1 aromatic heterocycles. The number of carbonyl (C=O) groups excluding carboxylic acids is 1. The van der Waals surface area contributed by atoms with Gasteiger partial charge in [0.25, 0.3) is 0 Å². The summed E-state index contributed by atoms with van der Waals surface area (Å²) < 4.78 is 5.27. The van der Waals surface area contributed by atoms with E-state index in [-0.39, 0.29) is 5.97 Å². The molecule has 2 rings (SSSR count). The largest absolute Gasteiger partial charge is 0.426 e. The van der Waals surface area contributed by atoms with E-state index in [4.69, 9.17) is 4.74 Å². The molecule has 0 saturated carbocycles. The lowest BCUT2D eigenvalue weighted by molar-refractivity contribution is -0.133. The molecule has 2 aromatic rings. The second-order valence-corrected chi connectivity index (χ2v) is 3.63. The second kappa shape index (κ2) is 4.31. The molecule has 0 radical (unpaired) electrons. The second-order valence-electron chi connectivity index (χ2n) is 3.63. The molecule has 0 amide bonds. The third-order valence-electron chi connectivity index (χ3n) is 2.37. The van der Waals surface area contributed by atoms with Crippen LogP contribution in [0.1, 0.15) is 19.0 Å². The highest BCUT2D eigenvalue weighted by molar-refractivity contribution is 5.90. The molecule has 1 aromatic carbocycles. The Kier molecular flexibility index (Phi) is 2.86. The van der Waals surface area contributed by atoms with E-state index in [1.54, 1.807) is 19.2 Å². The molecule has 16 heavy (non-hydrogen) atoms. The average molecular weight is 215 g/mol. The quantitative estimate of drug-likeness (QED) is 0.571. The van der Waals surface area contributed by atoms with Gasteiger partial charge in [0, 0.05) is 29.1 Å². The Morgan fingerprint density at radius 2 is 2.25 bits per heavy atom. The van der Waals surface area contributed by atoms with E-state index < -0.39 is 0 Å². The summed E-state index contributed by atoms with van der Waals surface area (Å²) in [5.74, 6) is 0.386. The molecule has 82 valence electrons. The van der Waals surface area contributed by atoms with Gasteiger partial charge in [-0.2, -0.15) is 0 Å². The molecule has 0 N–H and O–H groups in total. The predicted molar refractivity (Wildman–Crippen MR) is 62.4 cm³/mol. The minimum absolute atomic E-state index is 0.220. The minimum atomic E-state index is -0.220. The van der Waals surface area contributed by atoms with Gasteiger partial charge in [-0.3, -0.25) is 9.78 Å². The molecular weight excluding hydrogens is 202 g/mol. The van der Waals surface area contributed by atoms with Crippen LogP contribution >= 0.6 is 0 Å². The van der Waals surface area contributed by atoms with Crippen LogP contribution in [-0.4, -0.2) is 11.0 Å². The summed E-state index contributed by atoms with van der Waals surface area (Å²) in [6.45, 7) is 3.69. The molecule has 0 atom stereocenters. The number of benzene rings is 1. The first-order valence-electron chi connectivity index (χ1n) is 5.26. The van der Waals surface area contributed by atoms with Crippen molar-refractivity contribution in [3.8, 4) is 5.75 Å². The first kappa shape index (κ1) is 10.6. The summed E-state index contributed by atoms with van der Waals surface area (Å²) in [6, 6.07) is 7.53. The number of aromatic nitrogens is 1. The van der Waals surface area contributed by atoms with Gasteiger partial charge < -0.3 is 4.74 Å². The van der Waals surface area contributed by atoms with Gasteiger partial charge in [0.2, 0.25) is 0 Å². The van der Waals surface area contributed by atoms with Gasteiger partial charge in [-0.25, -0.2) is 0 Å². The van der Waals surface area contributed by atoms with E-state index in [0.29, 0.717) is 12.2 Å². The van der Waals surface area contributed by atoms with Crippen LogP contribution in [0.25, 0.3) is 10.8 Å². The van der Waals surface area contributed by atoms with Gasteiger partial charge in [-0.1, -0.05) is 19.1 Å². The van der Waals surface area contributed by atoms with Gasteiger partial charge in [-0.15, -0.1) is 0 Å². The number of esters is 1. The van der Waals surface area contributed by atoms with Crippen molar-refractivity contribution in [3.05, 3.63) is 36.2 Å². The molecule has 0 fully saturated rings. The fourth-order valence-corrected chi connectivity index (χ4v) is 1.53. The number of nitrogens with zero attached hydrogens (tertiary/aromatic N) is 1. The van der Waals surface area contributed by atoms with Crippen molar-refractivity contribution in [3.63, 3.8) is 0 Å². The zero-order chi connectivity index (χ0) is 11.5. The Hall–Kier alpha value is -1.90. The van der Waals surface area contributed by atoms with Crippen molar-refractivity contribution in [2.45, 2.75) is 20.3 Å². The third-order valence-corrected chi connectivity index (χ3v) is 2.37. The fourth-order valence-electron chi connectivity index (χ4n) is 1.53. The Morgan fingerprint density at radius 1 is 1.44 bits per heavy atom. The first-order valence-corrected chi connectivity index (χ1v) is 5.26. The van der Waals surface area contributed by atoms with Crippen LogP contribution < -0.4 is 4.74 Å². The third kappa shape index (κ3) is 2.03. The first-order chi connectivity index (χ1) is 7.70. The number of hydrogen-bond acceptors (Lipinski definition) is 3. The van der Waals surface area contributed by atoms with Gasteiger partial charge in [0.1, 0.15) is 5.75 Å². The molecule has 0 bridgehead atoms. The van der Waals surface area contributed by atoms with Crippen LogP contribution in [-0.2, 0) is 4.79 Å². The zero-order valence-corrected chi connectivity index (χ0v) is 9.36. The van der Waals surface area contributed by atoms with Crippen LogP contribution in [0.3, 0.4) is 0 Å². The number of ether oxygens (including phenoxy) is 1. The monoisotopic (exact) mass is 215 g/mol. The summed E-state index contributed by atoms with van der Waals surface area (Å²) in [5.41, 5.74) is 0.910. The summed E-state index contributed by atoms with van der Waals surface area (Å²) in [4.78, 5) is 15.5. The lowest BCUT2D eigenvalue weighted by Crippen LogP contribution is -2.05. The molecule has 0 aliphatic heterocycles. The predicted octanol–water partition coefficient (Wildman–Crippen LogP) is 2.86. The minimum Gasteiger partial charge on any atom is -0.426 e. The van der Waals surface area contributed by atoms with Crippen molar-refractivity contribution in [1.82, 2.24) is 4.98 Å². The van der Waals surface area contributed by atoms with Crippen molar-refractivity contribution >= 4 is 16.7 Å². The molecule has 3 heteroatoms. The van der Waals surface area contributed by atoms with Gasteiger partial charge in [0.15, 0.2) is 0 Å². The maximum atomic E-state index is 11.3. The molecule has 0 aliphatic rings. The van der Waals surface area contributed by atoms with E-state index in [1.165, 1.54) is 0 Å². The van der Waals surface area contributed by atoms with Gasteiger partial charge in [-0.05, 0) is 19.1 Å². The van der Waals surface area contributed by atoms with E-state index in [0.717, 1.165) is 16.5 Å². The van der Waals surface area contributed by atoms with Crippen molar-refractivity contribution in [2.24, 2.45) is 0 Å². The van der Waals surface area contributed by atoms with Crippen molar-refractivity contribution < 1.29 is 9.53 Å². The number of aryl methyl sites for hydroxylation is 1. The van der Waals surface area contributed by atoms with Crippen LogP contribution in [0.4, 0.5) is 0 Å². The fraction of sp³-hybridized carbons (Fsp3) is 0.231. The van der Waals surface area contributed by atoms with Gasteiger partial charge in [0.05, 0.1) is 0 Å². The Balaban J connectivity index is 2.52. The van der Waals surface area contributed by atoms with E-state index >= 15 is 0 Å². The Bertz CT molecular complexity index is 534. The summed E-state index contributed by atoms with van der Waals surface area (Å²) in [5, 5.41) is 1.91. The number of fused-ring (bicyclic) bond motifs is 1. The van der Waals surface area contributed by atoms with E-state index in [1.807, 2.05) is 25.1 Å². The Morgan fingerprint density at radius 3 is 3.00 bits per heavy atom. The van der Waals surface area contributed by atoms with Crippen molar-refractivity contribution in [2.75, 3.05) is 0 Å². The molecule has 1 heterocycles. The van der Waals surface area contributed by atoms with Crippen LogP contribution in [0, 0.1) is 6.92 Å². The standard InChI is InChI=1S/C13H13NO2/c1-3-13(15)16-12-6-4-5-10-8-14-9(2)7-11(10)12/h4-8H,3H2,1-2H3. The van der Waals surface area contributed by atoms with Crippen LogP contribution in [0.5, 0.6) is 5.75 Å². The number of rotatable bonds is 2. The van der Waals surface area contributed by atoms with E-state index in [9.17, 15) is 4.79 Å². The van der Waals surface area contributed by atoms with Crippen LogP contribution in [0.15, 0.2) is 30.5 Å². The Labute approximate surface area is 94.1 Å². The molecule has 0 spiro atoms. The number of hydrogen-bond donors (Lipinski definition) is 0. The number of carbonyl (C=O) groups is 1. The normalized spacial score (nSPS) is 10.4. The lowest BCUT2D eigenvalue weighted by atomic mass is 10.1. The highest BCUT2D eigenvalue weighted by Crippen LogP contribution is 2.25. The summed E-state index contributed by atoms with van der Waals surface area (Å²) in [6.07, 6.45) is 2.16. The van der Waals surface area contributed by atoms with E-state index in [2.05, 4.69) is 4.98 Å². The molecule has 0 saturated heterocycles. The molecular formula is C13H13NO2. The topological polar surface area (TPSA) is 39.2 Å². The zero-order valence-electron chi connectivity index (χ0n) is 9.36. The van der Waals surface area contributed by atoms with Gasteiger partial charge >= 0.3 is 5.97 Å².